The SMILES string of the molecule is CCC(C)CN1C(C)CCCC1CN. The maximum absolute atomic E-state index is 5.83. The van der Waals surface area contributed by atoms with Crippen LogP contribution in [0.5, 0.6) is 0 Å². The monoisotopic (exact) mass is 198 g/mol. The molecule has 0 aromatic heterocycles. The number of rotatable bonds is 4. The summed E-state index contributed by atoms with van der Waals surface area (Å²) in [6, 6.07) is 1.39. The first kappa shape index (κ1) is 12.0. The Morgan fingerprint density at radius 3 is 2.71 bits per heavy atom. The van der Waals surface area contributed by atoms with Crippen molar-refractivity contribution in [3.05, 3.63) is 0 Å². The summed E-state index contributed by atoms with van der Waals surface area (Å²) in [5, 5.41) is 0. The van der Waals surface area contributed by atoms with Gasteiger partial charge in [-0.1, -0.05) is 26.7 Å². The molecule has 1 heterocycles. The molecular formula is C12H26N2. The first-order valence-electron chi connectivity index (χ1n) is 6.14. The minimum absolute atomic E-state index is 0.646. The number of piperidine rings is 1. The molecule has 1 aliphatic rings. The first-order valence-corrected chi connectivity index (χ1v) is 6.14. The highest BCUT2D eigenvalue weighted by Crippen LogP contribution is 2.23. The van der Waals surface area contributed by atoms with Crippen LogP contribution in [0.1, 0.15) is 46.5 Å². The number of nitrogens with two attached hydrogens (primary N) is 1. The molecule has 2 nitrogen and oxygen atoms in total. The largest absolute Gasteiger partial charge is 0.329 e. The van der Waals surface area contributed by atoms with Gasteiger partial charge in [-0.05, 0) is 25.7 Å². The first-order chi connectivity index (χ1) is 6.69. The van der Waals surface area contributed by atoms with Gasteiger partial charge in [-0.2, -0.15) is 0 Å². The van der Waals surface area contributed by atoms with E-state index in [-0.39, 0.29) is 0 Å². The molecule has 0 aromatic carbocycles. The molecule has 1 rings (SSSR count). The van der Waals surface area contributed by atoms with Gasteiger partial charge in [0.05, 0.1) is 0 Å². The van der Waals surface area contributed by atoms with Crippen molar-refractivity contribution >= 4 is 0 Å². The Hall–Kier alpha value is -0.0800. The molecule has 0 aromatic rings. The normalized spacial score (nSPS) is 31.7. The highest BCUT2D eigenvalue weighted by molar-refractivity contribution is 4.83. The van der Waals surface area contributed by atoms with Crippen LogP contribution in [-0.4, -0.2) is 30.1 Å². The van der Waals surface area contributed by atoms with E-state index in [1.807, 2.05) is 0 Å². The van der Waals surface area contributed by atoms with Gasteiger partial charge >= 0.3 is 0 Å². The quantitative estimate of drug-likeness (QED) is 0.750. The van der Waals surface area contributed by atoms with Crippen LogP contribution in [0.3, 0.4) is 0 Å². The smallest absolute Gasteiger partial charge is 0.0221 e. The van der Waals surface area contributed by atoms with E-state index >= 15 is 0 Å². The van der Waals surface area contributed by atoms with E-state index in [0.717, 1.165) is 18.5 Å². The van der Waals surface area contributed by atoms with Gasteiger partial charge in [0, 0.05) is 25.2 Å². The molecule has 2 N–H and O–H groups in total. The van der Waals surface area contributed by atoms with Gasteiger partial charge in [0.25, 0.3) is 0 Å². The van der Waals surface area contributed by atoms with Crippen LogP contribution in [0, 0.1) is 5.92 Å². The standard InChI is InChI=1S/C12H26N2/c1-4-10(2)9-14-11(3)6-5-7-12(14)8-13/h10-12H,4-9,13H2,1-3H3. The lowest BCUT2D eigenvalue weighted by Crippen LogP contribution is -2.50. The van der Waals surface area contributed by atoms with E-state index in [9.17, 15) is 0 Å². The third-order valence-electron chi connectivity index (χ3n) is 3.69. The van der Waals surface area contributed by atoms with Crippen LogP contribution in [0.25, 0.3) is 0 Å². The highest BCUT2D eigenvalue weighted by Gasteiger charge is 2.27. The van der Waals surface area contributed by atoms with E-state index in [2.05, 4.69) is 25.7 Å². The third kappa shape index (κ3) is 2.96. The van der Waals surface area contributed by atoms with Gasteiger partial charge in [-0.15, -0.1) is 0 Å². The molecule has 1 aliphatic heterocycles. The number of likely N-dealkylation sites (tertiary alicyclic amines) is 1. The summed E-state index contributed by atoms with van der Waals surface area (Å²) in [5.41, 5.74) is 5.83. The Morgan fingerprint density at radius 1 is 1.43 bits per heavy atom. The van der Waals surface area contributed by atoms with Crippen LogP contribution in [-0.2, 0) is 0 Å². The Kier molecular flexibility index (Phi) is 4.90. The fourth-order valence-electron chi connectivity index (χ4n) is 2.41. The fraction of sp³-hybridized carbons (Fsp3) is 1.00. The summed E-state index contributed by atoms with van der Waals surface area (Å²) in [6.07, 6.45) is 5.30. The van der Waals surface area contributed by atoms with Gasteiger partial charge in [0.2, 0.25) is 0 Å². The van der Waals surface area contributed by atoms with Crippen LogP contribution in [0.2, 0.25) is 0 Å². The molecule has 0 radical (unpaired) electrons. The van der Waals surface area contributed by atoms with Crippen LogP contribution in [0.4, 0.5) is 0 Å². The summed E-state index contributed by atoms with van der Waals surface area (Å²) in [5.74, 6) is 0.810. The topological polar surface area (TPSA) is 29.3 Å². The second-order valence-electron chi connectivity index (χ2n) is 4.88. The molecule has 2 heteroatoms. The van der Waals surface area contributed by atoms with Crippen molar-refractivity contribution in [1.29, 1.82) is 0 Å². The van der Waals surface area contributed by atoms with Gasteiger partial charge in [-0.25, -0.2) is 0 Å². The molecule has 1 saturated heterocycles. The molecule has 1 fully saturated rings. The lowest BCUT2D eigenvalue weighted by atomic mass is 9.94. The number of nitrogens with zero attached hydrogens (tertiary/aromatic N) is 1. The molecule has 0 amide bonds. The average Bonchev–Trinajstić information content (AvgIpc) is 2.20. The zero-order chi connectivity index (χ0) is 10.6. The van der Waals surface area contributed by atoms with Crippen molar-refractivity contribution in [2.45, 2.75) is 58.5 Å². The number of hydrogen-bond acceptors (Lipinski definition) is 2. The predicted octanol–water partition coefficient (Wildman–Crippen LogP) is 2.23. The van der Waals surface area contributed by atoms with Crippen LogP contribution in [0.15, 0.2) is 0 Å². The average molecular weight is 198 g/mol. The van der Waals surface area contributed by atoms with E-state index in [1.54, 1.807) is 0 Å². The molecule has 14 heavy (non-hydrogen) atoms. The second kappa shape index (κ2) is 5.72. The molecule has 0 bridgehead atoms. The zero-order valence-corrected chi connectivity index (χ0v) is 10.00. The van der Waals surface area contributed by atoms with Crippen LogP contribution < -0.4 is 5.73 Å². The summed E-state index contributed by atoms with van der Waals surface area (Å²) in [4.78, 5) is 2.64. The Morgan fingerprint density at radius 2 is 2.14 bits per heavy atom. The van der Waals surface area contributed by atoms with Gasteiger partial charge in [-0.3, -0.25) is 4.90 Å². The highest BCUT2D eigenvalue weighted by atomic mass is 15.2. The molecule has 0 aliphatic carbocycles. The van der Waals surface area contributed by atoms with Crippen LogP contribution >= 0.6 is 0 Å². The Labute approximate surface area is 88.8 Å². The predicted molar refractivity (Wildman–Crippen MR) is 62.3 cm³/mol. The van der Waals surface area contributed by atoms with Crippen molar-refractivity contribution < 1.29 is 0 Å². The van der Waals surface area contributed by atoms with Crippen molar-refractivity contribution in [1.82, 2.24) is 4.90 Å². The summed E-state index contributed by atoms with van der Waals surface area (Å²) >= 11 is 0. The molecule has 84 valence electrons. The zero-order valence-electron chi connectivity index (χ0n) is 10.00. The fourth-order valence-corrected chi connectivity index (χ4v) is 2.41. The lowest BCUT2D eigenvalue weighted by Gasteiger charge is -2.41. The number of hydrogen-bond donors (Lipinski definition) is 1. The van der Waals surface area contributed by atoms with E-state index in [4.69, 9.17) is 5.73 Å². The van der Waals surface area contributed by atoms with E-state index in [1.165, 1.54) is 32.2 Å². The lowest BCUT2D eigenvalue weighted by molar-refractivity contribution is 0.0807. The third-order valence-corrected chi connectivity index (χ3v) is 3.69. The summed E-state index contributed by atoms with van der Waals surface area (Å²) in [6.45, 7) is 9.04. The van der Waals surface area contributed by atoms with Gasteiger partial charge < -0.3 is 5.73 Å². The second-order valence-corrected chi connectivity index (χ2v) is 4.88. The molecule has 0 saturated carbocycles. The maximum atomic E-state index is 5.83. The molecule has 0 spiro atoms. The van der Waals surface area contributed by atoms with Crippen molar-refractivity contribution in [2.75, 3.05) is 13.1 Å². The summed E-state index contributed by atoms with van der Waals surface area (Å²) < 4.78 is 0. The minimum atomic E-state index is 0.646. The molecule has 3 unspecified atom stereocenters. The maximum Gasteiger partial charge on any atom is 0.0221 e. The van der Waals surface area contributed by atoms with E-state index in [0.29, 0.717) is 6.04 Å². The van der Waals surface area contributed by atoms with Gasteiger partial charge in [0.15, 0.2) is 0 Å². The van der Waals surface area contributed by atoms with Crippen molar-refractivity contribution in [3.8, 4) is 0 Å². The Balaban J connectivity index is 2.50. The summed E-state index contributed by atoms with van der Waals surface area (Å²) in [7, 11) is 0. The molecular weight excluding hydrogens is 172 g/mol. The molecule has 3 atom stereocenters. The van der Waals surface area contributed by atoms with Gasteiger partial charge in [0.1, 0.15) is 0 Å². The van der Waals surface area contributed by atoms with Crippen molar-refractivity contribution in [3.63, 3.8) is 0 Å². The Bertz CT molecular complexity index is 158. The van der Waals surface area contributed by atoms with Crippen molar-refractivity contribution in [2.24, 2.45) is 11.7 Å². The minimum Gasteiger partial charge on any atom is -0.329 e. The van der Waals surface area contributed by atoms with E-state index < -0.39 is 0 Å².